The number of guanidine groups is 1. The number of pyridine rings is 1. The van der Waals surface area contributed by atoms with Crippen molar-refractivity contribution in [1.82, 2.24) is 15.2 Å². The number of hydrogen-bond acceptors (Lipinski definition) is 6. The molecule has 5 rings (SSSR count). The number of amides is 2. The smallest absolute Gasteiger partial charge is 0.232 e. The molecular formula is C30H39N5O3. The lowest BCUT2D eigenvalue weighted by atomic mass is 9.87. The van der Waals surface area contributed by atoms with Crippen LogP contribution < -0.4 is 15.8 Å². The number of rotatable bonds is 7. The summed E-state index contributed by atoms with van der Waals surface area (Å²) in [7, 11) is 0. The third-order valence-electron chi connectivity index (χ3n) is 8.78. The van der Waals surface area contributed by atoms with E-state index < -0.39 is 17.2 Å². The van der Waals surface area contributed by atoms with E-state index in [4.69, 9.17) is 15.5 Å². The summed E-state index contributed by atoms with van der Waals surface area (Å²) in [6.45, 7) is 10.2. The largest absolute Gasteiger partial charge is 0.487 e. The van der Waals surface area contributed by atoms with Gasteiger partial charge in [-0.15, -0.1) is 0 Å². The van der Waals surface area contributed by atoms with Crippen molar-refractivity contribution in [2.45, 2.75) is 83.5 Å². The molecule has 202 valence electrons. The van der Waals surface area contributed by atoms with Crippen molar-refractivity contribution in [3.05, 3.63) is 59.9 Å². The second kappa shape index (κ2) is 9.71. The normalized spacial score (nSPS) is 28.0. The molecule has 0 bridgehead atoms. The molecule has 1 fully saturated rings. The minimum Gasteiger partial charge on any atom is -0.487 e. The van der Waals surface area contributed by atoms with Crippen LogP contribution in [0.2, 0.25) is 0 Å². The molecule has 2 amide bonds. The molecule has 1 aromatic carbocycles. The second-order valence-corrected chi connectivity index (χ2v) is 11.7. The van der Waals surface area contributed by atoms with E-state index >= 15 is 0 Å². The molecule has 2 aromatic rings. The Morgan fingerprint density at radius 3 is 2.61 bits per heavy atom. The van der Waals surface area contributed by atoms with Crippen molar-refractivity contribution in [3.63, 3.8) is 0 Å². The Hall–Kier alpha value is -3.42. The Bertz CT molecular complexity index is 1240. The zero-order valence-corrected chi connectivity index (χ0v) is 23.0. The standard InChI is InChI=1S/C30H39N5O3/c1-6-30(7-2)16-23(36)35(28(31)34-30)26(19-11-10-14-32-17-19)24-18(3)25(24)27(37)33-21-15-29(4,5)38-22-13-9-8-12-20(21)22/h8-14,17-18,21,24-26H,6-7,15-16H2,1-5H3,(H2,31,34)(H,33,37)/t18?,21-,24?,25+,26+/m0/s1. The van der Waals surface area contributed by atoms with E-state index in [1.807, 2.05) is 64.1 Å². The fraction of sp³-hybridized carbons (Fsp3) is 0.533. The van der Waals surface area contributed by atoms with E-state index in [-0.39, 0.29) is 41.6 Å². The molecule has 1 saturated carbocycles. The van der Waals surface area contributed by atoms with Crippen LogP contribution in [-0.4, -0.2) is 38.8 Å². The number of hydrogen-bond donors (Lipinski definition) is 2. The van der Waals surface area contributed by atoms with Crippen LogP contribution in [0.4, 0.5) is 0 Å². The predicted octanol–water partition coefficient (Wildman–Crippen LogP) is 4.53. The monoisotopic (exact) mass is 517 g/mol. The number of aromatic nitrogens is 1. The van der Waals surface area contributed by atoms with E-state index in [0.717, 1.165) is 29.7 Å². The Kier molecular flexibility index (Phi) is 6.70. The molecule has 0 saturated heterocycles. The van der Waals surface area contributed by atoms with Gasteiger partial charge in [0.2, 0.25) is 11.8 Å². The summed E-state index contributed by atoms with van der Waals surface area (Å²) in [5, 5.41) is 3.32. The van der Waals surface area contributed by atoms with Crippen LogP contribution in [-0.2, 0) is 9.59 Å². The first kappa shape index (κ1) is 26.2. The molecule has 3 heterocycles. The average molecular weight is 518 g/mol. The summed E-state index contributed by atoms with van der Waals surface area (Å²) in [6, 6.07) is 11.1. The minimum absolute atomic E-state index is 0.00896. The highest BCUT2D eigenvalue weighted by Crippen LogP contribution is 2.56. The SMILES string of the molecule is CCC1(CC)CC(=O)N([C@H](c2cccnc2)C2C(C)[C@H]2C(=O)N[C@H]2CC(C)(C)Oc3ccccc32)C(N)=N1. The fourth-order valence-corrected chi connectivity index (χ4v) is 6.47. The summed E-state index contributed by atoms with van der Waals surface area (Å²) in [4.78, 5) is 38.2. The first-order chi connectivity index (χ1) is 18.1. The highest BCUT2D eigenvalue weighted by molar-refractivity contribution is 6.00. The van der Waals surface area contributed by atoms with Crippen LogP contribution >= 0.6 is 0 Å². The van der Waals surface area contributed by atoms with Gasteiger partial charge in [-0.1, -0.05) is 45.0 Å². The molecule has 8 heteroatoms. The molecule has 2 unspecified atom stereocenters. The summed E-state index contributed by atoms with van der Waals surface area (Å²) < 4.78 is 6.15. The second-order valence-electron chi connectivity index (χ2n) is 11.7. The van der Waals surface area contributed by atoms with Crippen LogP contribution in [0, 0.1) is 17.8 Å². The highest BCUT2D eigenvalue weighted by Gasteiger charge is 2.59. The predicted molar refractivity (Wildman–Crippen MR) is 146 cm³/mol. The summed E-state index contributed by atoms with van der Waals surface area (Å²) in [5.74, 6) is 0.684. The Morgan fingerprint density at radius 1 is 1.21 bits per heavy atom. The molecule has 1 aromatic heterocycles. The van der Waals surface area contributed by atoms with Crippen LogP contribution in [0.1, 0.15) is 83.5 Å². The fourth-order valence-electron chi connectivity index (χ4n) is 6.47. The van der Waals surface area contributed by atoms with Crippen molar-refractivity contribution < 1.29 is 14.3 Å². The van der Waals surface area contributed by atoms with Crippen LogP contribution in [0.3, 0.4) is 0 Å². The maximum atomic E-state index is 13.8. The van der Waals surface area contributed by atoms with Gasteiger partial charge >= 0.3 is 0 Å². The molecular weight excluding hydrogens is 478 g/mol. The van der Waals surface area contributed by atoms with Gasteiger partial charge in [-0.25, -0.2) is 4.99 Å². The Labute approximate surface area is 225 Å². The number of carbonyl (C=O) groups excluding carboxylic acids is 2. The maximum absolute atomic E-state index is 13.8. The molecule has 0 spiro atoms. The van der Waals surface area contributed by atoms with Gasteiger partial charge in [0.05, 0.1) is 24.0 Å². The molecule has 1 aliphatic carbocycles. The van der Waals surface area contributed by atoms with E-state index in [0.29, 0.717) is 12.8 Å². The van der Waals surface area contributed by atoms with Gasteiger partial charge in [0.1, 0.15) is 11.4 Å². The quantitative estimate of drug-likeness (QED) is 0.561. The lowest BCUT2D eigenvalue weighted by molar-refractivity contribution is -0.132. The number of ether oxygens (including phenoxy) is 1. The number of benzene rings is 1. The lowest BCUT2D eigenvalue weighted by Crippen LogP contribution is -2.53. The van der Waals surface area contributed by atoms with Crippen molar-refractivity contribution >= 4 is 17.8 Å². The third kappa shape index (κ3) is 4.65. The molecule has 8 nitrogen and oxygen atoms in total. The average Bonchev–Trinajstić information content (AvgIpc) is 3.55. The van der Waals surface area contributed by atoms with E-state index in [9.17, 15) is 9.59 Å². The molecule has 0 radical (unpaired) electrons. The molecule has 3 N–H and O–H groups in total. The zero-order valence-electron chi connectivity index (χ0n) is 23.0. The van der Waals surface area contributed by atoms with Gasteiger partial charge in [-0.2, -0.15) is 0 Å². The van der Waals surface area contributed by atoms with Gasteiger partial charge in [0.15, 0.2) is 5.96 Å². The maximum Gasteiger partial charge on any atom is 0.232 e. The van der Waals surface area contributed by atoms with E-state index in [2.05, 4.69) is 17.2 Å². The number of nitrogens with one attached hydrogen (secondary N) is 1. The van der Waals surface area contributed by atoms with Gasteiger partial charge in [-0.3, -0.25) is 19.5 Å². The number of nitrogens with zero attached hydrogens (tertiary/aromatic N) is 3. The highest BCUT2D eigenvalue weighted by atomic mass is 16.5. The van der Waals surface area contributed by atoms with Gasteiger partial charge < -0.3 is 15.8 Å². The first-order valence-electron chi connectivity index (χ1n) is 13.8. The number of fused-ring (bicyclic) bond motifs is 1. The number of aliphatic imine (C=N–C) groups is 1. The number of carbonyl (C=O) groups is 2. The van der Waals surface area contributed by atoms with Gasteiger partial charge in [-0.05, 0) is 56.2 Å². The van der Waals surface area contributed by atoms with E-state index in [1.54, 1.807) is 17.3 Å². The summed E-state index contributed by atoms with van der Waals surface area (Å²) in [5.41, 5.74) is 7.52. The van der Waals surface area contributed by atoms with Crippen LogP contribution in [0.5, 0.6) is 5.75 Å². The van der Waals surface area contributed by atoms with Crippen LogP contribution in [0.25, 0.3) is 0 Å². The van der Waals surface area contributed by atoms with Crippen LogP contribution in [0.15, 0.2) is 53.8 Å². The van der Waals surface area contributed by atoms with Crippen molar-refractivity contribution in [3.8, 4) is 5.75 Å². The third-order valence-corrected chi connectivity index (χ3v) is 8.78. The molecule has 5 atom stereocenters. The summed E-state index contributed by atoms with van der Waals surface area (Å²) in [6.07, 6.45) is 5.95. The zero-order chi connectivity index (χ0) is 27.2. The topological polar surface area (TPSA) is 110 Å². The number of para-hydroxylation sites is 1. The van der Waals surface area contributed by atoms with Gasteiger partial charge in [0.25, 0.3) is 0 Å². The summed E-state index contributed by atoms with van der Waals surface area (Å²) >= 11 is 0. The van der Waals surface area contributed by atoms with Crippen molar-refractivity contribution in [2.24, 2.45) is 28.5 Å². The molecule has 38 heavy (non-hydrogen) atoms. The van der Waals surface area contributed by atoms with E-state index in [1.165, 1.54) is 0 Å². The van der Waals surface area contributed by atoms with Gasteiger partial charge in [0, 0.05) is 30.3 Å². The molecule has 2 aliphatic heterocycles. The first-order valence-corrected chi connectivity index (χ1v) is 13.8. The number of nitrogens with two attached hydrogens (primary N) is 1. The molecule has 3 aliphatic rings. The Balaban J connectivity index is 1.43. The lowest BCUT2D eigenvalue weighted by Gasteiger charge is -2.40. The minimum atomic E-state index is -0.466. The van der Waals surface area contributed by atoms with Crippen molar-refractivity contribution in [1.29, 1.82) is 0 Å². The van der Waals surface area contributed by atoms with Crippen molar-refractivity contribution in [2.75, 3.05) is 0 Å². The Morgan fingerprint density at radius 2 is 1.95 bits per heavy atom.